The summed E-state index contributed by atoms with van der Waals surface area (Å²) in [4.78, 5) is 38.8. The van der Waals surface area contributed by atoms with E-state index in [2.05, 4.69) is 15.7 Å². The van der Waals surface area contributed by atoms with Gasteiger partial charge < -0.3 is 10.6 Å². The quantitative estimate of drug-likeness (QED) is 0.560. The number of para-hydroxylation sites is 1. The van der Waals surface area contributed by atoms with E-state index in [4.69, 9.17) is 0 Å². The van der Waals surface area contributed by atoms with Gasteiger partial charge in [0.05, 0.1) is 5.52 Å². The zero-order valence-electron chi connectivity index (χ0n) is 18.6. The lowest BCUT2D eigenvalue weighted by Crippen LogP contribution is -2.54. The Balaban J connectivity index is 1.61. The van der Waals surface area contributed by atoms with E-state index in [1.807, 2.05) is 57.2 Å². The first-order valence-corrected chi connectivity index (χ1v) is 10.9. The first kappa shape index (κ1) is 21.7. The molecule has 2 N–H and O–H groups in total. The molecule has 0 radical (unpaired) electrons. The molecule has 1 fully saturated rings. The number of ketones is 1. The van der Waals surface area contributed by atoms with Crippen molar-refractivity contribution in [3.8, 4) is 0 Å². The number of amides is 2. The third-order valence-corrected chi connectivity index (χ3v) is 5.59. The maximum atomic E-state index is 13.2. The SMILES string of the molecule is CC(C)(C)C(NC(=O)c1nn(CC(=O)c2ccccc2)c2ccccc12)C(=O)NC1CC1. The normalized spacial score (nSPS) is 14.7. The Hall–Kier alpha value is -3.48. The van der Waals surface area contributed by atoms with Crippen molar-refractivity contribution in [3.63, 3.8) is 0 Å². The second-order valence-corrected chi connectivity index (χ2v) is 9.37. The van der Waals surface area contributed by atoms with Gasteiger partial charge >= 0.3 is 0 Å². The predicted molar refractivity (Wildman–Crippen MR) is 122 cm³/mol. The Morgan fingerprint density at radius 2 is 1.69 bits per heavy atom. The molecule has 7 heteroatoms. The van der Waals surface area contributed by atoms with Crippen molar-refractivity contribution in [3.05, 3.63) is 65.9 Å². The Labute approximate surface area is 187 Å². The van der Waals surface area contributed by atoms with Gasteiger partial charge in [-0.05, 0) is 24.3 Å². The van der Waals surface area contributed by atoms with Crippen molar-refractivity contribution in [1.82, 2.24) is 20.4 Å². The van der Waals surface area contributed by atoms with Gasteiger partial charge in [-0.15, -0.1) is 0 Å². The molecule has 1 aliphatic carbocycles. The fourth-order valence-corrected chi connectivity index (χ4v) is 3.65. The van der Waals surface area contributed by atoms with Crippen LogP contribution in [-0.4, -0.2) is 39.5 Å². The fraction of sp³-hybridized carbons (Fsp3) is 0.360. The largest absolute Gasteiger partial charge is 0.352 e. The maximum absolute atomic E-state index is 13.2. The van der Waals surface area contributed by atoms with E-state index < -0.39 is 17.4 Å². The molecule has 4 rings (SSSR count). The third-order valence-electron chi connectivity index (χ3n) is 5.59. The van der Waals surface area contributed by atoms with Gasteiger partial charge in [0.15, 0.2) is 11.5 Å². The molecule has 1 saturated carbocycles. The Kier molecular flexibility index (Phi) is 5.82. The van der Waals surface area contributed by atoms with Gasteiger partial charge in [0.1, 0.15) is 12.6 Å². The molecule has 0 saturated heterocycles. The second kappa shape index (κ2) is 8.57. The summed E-state index contributed by atoms with van der Waals surface area (Å²) in [6.07, 6.45) is 1.95. The molecule has 1 heterocycles. The van der Waals surface area contributed by atoms with E-state index in [1.54, 1.807) is 22.9 Å². The van der Waals surface area contributed by atoms with Gasteiger partial charge in [-0.3, -0.25) is 19.1 Å². The average molecular weight is 433 g/mol. The van der Waals surface area contributed by atoms with Crippen LogP contribution in [0.1, 0.15) is 54.5 Å². The van der Waals surface area contributed by atoms with Gasteiger partial charge in [0.2, 0.25) is 5.91 Å². The summed E-state index contributed by atoms with van der Waals surface area (Å²) >= 11 is 0. The van der Waals surface area contributed by atoms with Gasteiger partial charge in [0.25, 0.3) is 5.91 Å². The Morgan fingerprint density at radius 1 is 1.03 bits per heavy atom. The van der Waals surface area contributed by atoms with Crippen LogP contribution < -0.4 is 10.6 Å². The summed E-state index contributed by atoms with van der Waals surface area (Å²) in [5, 5.41) is 11.0. The molecule has 3 aromatic rings. The van der Waals surface area contributed by atoms with Crippen LogP contribution in [0, 0.1) is 5.41 Å². The van der Waals surface area contributed by atoms with Gasteiger partial charge in [-0.2, -0.15) is 5.10 Å². The van der Waals surface area contributed by atoms with E-state index in [1.165, 1.54) is 0 Å². The van der Waals surface area contributed by atoms with Gasteiger partial charge in [0, 0.05) is 17.0 Å². The number of hydrogen-bond donors (Lipinski definition) is 2. The molecule has 1 unspecified atom stereocenters. The maximum Gasteiger partial charge on any atom is 0.273 e. The van der Waals surface area contributed by atoms with Crippen molar-refractivity contribution in [1.29, 1.82) is 0 Å². The second-order valence-electron chi connectivity index (χ2n) is 9.37. The molecular weight excluding hydrogens is 404 g/mol. The predicted octanol–water partition coefficient (Wildman–Crippen LogP) is 3.34. The zero-order valence-corrected chi connectivity index (χ0v) is 18.6. The number of rotatable bonds is 7. The monoisotopic (exact) mass is 432 g/mol. The highest BCUT2D eigenvalue weighted by Crippen LogP contribution is 2.25. The number of hydrogen-bond acceptors (Lipinski definition) is 4. The molecule has 2 aromatic carbocycles. The molecule has 0 bridgehead atoms. The molecule has 1 aromatic heterocycles. The highest BCUT2D eigenvalue weighted by Gasteiger charge is 2.36. The summed E-state index contributed by atoms with van der Waals surface area (Å²) < 4.78 is 1.55. The molecule has 32 heavy (non-hydrogen) atoms. The van der Waals surface area contributed by atoms with Crippen LogP contribution >= 0.6 is 0 Å². The highest BCUT2D eigenvalue weighted by molar-refractivity contribution is 6.07. The van der Waals surface area contributed by atoms with E-state index in [9.17, 15) is 14.4 Å². The van der Waals surface area contributed by atoms with Crippen molar-refractivity contribution < 1.29 is 14.4 Å². The summed E-state index contributed by atoms with van der Waals surface area (Å²) in [6, 6.07) is 15.8. The van der Waals surface area contributed by atoms with Crippen LogP contribution in [-0.2, 0) is 11.3 Å². The van der Waals surface area contributed by atoms with Crippen molar-refractivity contribution in [2.45, 2.75) is 52.2 Å². The number of aromatic nitrogens is 2. The van der Waals surface area contributed by atoms with Crippen LogP contribution in [0.4, 0.5) is 0 Å². The van der Waals surface area contributed by atoms with Crippen LogP contribution in [0.25, 0.3) is 10.9 Å². The van der Waals surface area contributed by atoms with E-state index >= 15 is 0 Å². The van der Waals surface area contributed by atoms with E-state index in [0.29, 0.717) is 16.5 Å². The summed E-state index contributed by atoms with van der Waals surface area (Å²) in [5.41, 5.74) is 1.00. The molecule has 7 nitrogen and oxygen atoms in total. The molecular formula is C25H28N4O3. The average Bonchev–Trinajstić information content (AvgIpc) is 3.51. The Bertz CT molecular complexity index is 1160. The number of nitrogens with zero attached hydrogens (tertiary/aromatic N) is 2. The van der Waals surface area contributed by atoms with Crippen LogP contribution in [0.15, 0.2) is 54.6 Å². The lowest BCUT2D eigenvalue weighted by atomic mass is 9.86. The van der Waals surface area contributed by atoms with Gasteiger partial charge in [-0.1, -0.05) is 69.3 Å². The molecule has 1 atom stereocenters. The molecule has 2 amide bonds. The summed E-state index contributed by atoms with van der Waals surface area (Å²) in [6.45, 7) is 5.77. The number of benzene rings is 2. The number of fused-ring (bicyclic) bond motifs is 1. The Morgan fingerprint density at radius 3 is 2.34 bits per heavy atom. The van der Waals surface area contributed by atoms with E-state index in [-0.39, 0.29) is 30.0 Å². The number of Topliss-reactive ketones (excluding diaryl/α,β-unsaturated/α-hetero) is 1. The van der Waals surface area contributed by atoms with E-state index in [0.717, 1.165) is 12.8 Å². The fourth-order valence-electron chi connectivity index (χ4n) is 3.65. The highest BCUT2D eigenvalue weighted by atomic mass is 16.2. The minimum atomic E-state index is -0.703. The minimum absolute atomic E-state index is 0.0165. The lowest BCUT2D eigenvalue weighted by molar-refractivity contribution is -0.125. The molecule has 0 aliphatic heterocycles. The van der Waals surface area contributed by atoms with Crippen LogP contribution in [0.3, 0.4) is 0 Å². The molecule has 1 aliphatic rings. The smallest absolute Gasteiger partial charge is 0.273 e. The third kappa shape index (κ3) is 4.72. The van der Waals surface area contributed by atoms with Crippen molar-refractivity contribution in [2.24, 2.45) is 5.41 Å². The van der Waals surface area contributed by atoms with Crippen LogP contribution in [0.2, 0.25) is 0 Å². The lowest BCUT2D eigenvalue weighted by Gasteiger charge is -2.30. The summed E-state index contributed by atoms with van der Waals surface area (Å²) in [5.74, 6) is -0.712. The summed E-state index contributed by atoms with van der Waals surface area (Å²) in [7, 11) is 0. The first-order valence-electron chi connectivity index (χ1n) is 10.9. The van der Waals surface area contributed by atoms with Crippen molar-refractivity contribution in [2.75, 3.05) is 0 Å². The first-order chi connectivity index (χ1) is 15.2. The number of carbonyl (C=O) groups is 3. The van der Waals surface area contributed by atoms with Crippen LogP contribution in [0.5, 0.6) is 0 Å². The minimum Gasteiger partial charge on any atom is -0.352 e. The molecule has 166 valence electrons. The topological polar surface area (TPSA) is 93.1 Å². The zero-order chi connectivity index (χ0) is 22.9. The molecule has 0 spiro atoms. The standard InChI is InChI=1S/C25H28N4O3/c1-25(2,3)22(24(32)26-17-13-14-17)27-23(31)21-18-11-7-8-12-19(18)29(28-21)15-20(30)16-9-5-4-6-10-16/h4-12,17,22H,13-15H2,1-3H3,(H,26,32)(H,27,31). The number of nitrogens with one attached hydrogen (secondary N) is 2. The van der Waals surface area contributed by atoms with Crippen molar-refractivity contribution >= 4 is 28.5 Å². The number of carbonyl (C=O) groups excluding carboxylic acids is 3. The van der Waals surface area contributed by atoms with Gasteiger partial charge in [-0.25, -0.2) is 0 Å².